The third-order valence-corrected chi connectivity index (χ3v) is 2.99. The number of nitrogens with zero attached hydrogens (tertiary/aromatic N) is 2. The van der Waals surface area contributed by atoms with Crippen LogP contribution in [0.4, 0.5) is 10.2 Å². The molecule has 1 aliphatic heterocycles. The van der Waals surface area contributed by atoms with Crippen LogP contribution in [-0.4, -0.2) is 24.7 Å². The Morgan fingerprint density at radius 2 is 2.35 bits per heavy atom. The summed E-state index contributed by atoms with van der Waals surface area (Å²) in [5.41, 5.74) is -0.484. The van der Waals surface area contributed by atoms with Crippen LogP contribution in [0.1, 0.15) is 12.8 Å². The average Bonchev–Trinajstić information content (AvgIpc) is 2.39. The van der Waals surface area contributed by atoms with Gasteiger partial charge in [0, 0.05) is 19.8 Å². The Morgan fingerprint density at radius 3 is 3.00 bits per heavy atom. The number of hydrogen-bond donors (Lipinski definition) is 1. The highest BCUT2D eigenvalue weighted by Crippen LogP contribution is 2.29. The van der Waals surface area contributed by atoms with Crippen LogP contribution in [-0.2, 0) is 4.74 Å². The van der Waals surface area contributed by atoms with Crippen LogP contribution < -0.4 is 5.32 Å². The summed E-state index contributed by atoms with van der Waals surface area (Å²) in [6.07, 6.45) is 3.88. The molecule has 4 nitrogen and oxygen atoms in total. The van der Waals surface area contributed by atoms with E-state index in [9.17, 15) is 9.65 Å². The second kappa shape index (κ2) is 5.11. The lowest BCUT2D eigenvalue weighted by Gasteiger charge is -2.30. The lowest BCUT2D eigenvalue weighted by Crippen LogP contribution is -2.35. The zero-order valence-corrected chi connectivity index (χ0v) is 9.37. The first-order valence-electron chi connectivity index (χ1n) is 5.51. The molecule has 1 fully saturated rings. The van der Waals surface area contributed by atoms with Gasteiger partial charge in [-0.3, -0.25) is 0 Å². The highest BCUT2D eigenvalue weighted by Gasteiger charge is 2.32. The Hall–Kier alpha value is -1.67. The number of rotatable bonds is 3. The molecule has 89 valence electrons. The standard InChI is InChI=1S/C12H13FN3O/c13-10-2-1-5-15-11(10)16-9-12(8-14)3-6-17-7-4-12/h1-2H,3-4,6-7,9H2,(H,15,16). The molecular formula is C12H13FN3O. The molecule has 1 radical (unpaired) electrons. The molecule has 0 unspecified atom stereocenters. The van der Waals surface area contributed by atoms with E-state index in [1.165, 1.54) is 12.1 Å². The minimum Gasteiger partial charge on any atom is -0.381 e. The highest BCUT2D eigenvalue weighted by molar-refractivity contribution is 5.36. The number of nitriles is 1. The number of pyridine rings is 1. The second-order valence-corrected chi connectivity index (χ2v) is 4.13. The predicted octanol–water partition coefficient (Wildman–Crippen LogP) is 1.75. The number of hydrogen-bond acceptors (Lipinski definition) is 4. The maximum atomic E-state index is 13.3. The zero-order chi connectivity index (χ0) is 12.1. The van der Waals surface area contributed by atoms with E-state index in [0.717, 1.165) is 0 Å². The summed E-state index contributed by atoms with van der Waals surface area (Å²) in [5.74, 6) is -0.280. The minimum absolute atomic E-state index is 0.147. The van der Waals surface area contributed by atoms with Crippen molar-refractivity contribution in [3.8, 4) is 6.07 Å². The summed E-state index contributed by atoms with van der Waals surface area (Å²) < 4.78 is 18.5. The highest BCUT2D eigenvalue weighted by atomic mass is 19.1. The summed E-state index contributed by atoms with van der Waals surface area (Å²) in [6, 6.07) is 5.01. The first kappa shape index (κ1) is 11.8. The third kappa shape index (κ3) is 2.71. The number of nitrogens with one attached hydrogen (secondary N) is 1. The van der Waals surface area contributed by atoms with Crippen LogP contribution in [0.5, 0.6) is 0 Å². The lowest BCUT2D eigenvalue weighted by molar-refractivity contribution is 0.0455. The second-order valence-electron chi connectivity index (χ2n) is 4.13. The smallest absolute Gasteiger partial charge is 0.165 e. The number of ether oxygens (including phenoxy) is 1. The van der Waals surface area contributed by atoms with Crippen molar-refractivity contribution in [1.29, 1.82) is 5.26 Å². The number of aromatic nitrogens is 1. The summed E-state index contributed by atoms with van der Waals surface area (Å²) in [7, 11) is 0. The lowest BCUT2D eigenvalue weighted by atomic mass is 9.82. The molecule has 0 aliphatic carbocycles. The van der Waals surface area contributed by atoms with Crippen molar-refractivity contribution in [2.45, 2.75) is 12.8 Å². The van der Waals surface area contributed by atoms with Gasteiger partial charge in [0.15, 0.2) is 11.6 Å². The molecule has 1 aliphatic rings. The van der Waals surface area contributed by atoms with E-state index in [1.807, 2.05) is 0 Å². The molecule has 5 heteroatoms. The fourth-order valence-corrected chi connectivity index (χ4v) is 1.81. The van der Waals surface area contributed by atoms with E-state index in [2.05, 4.69) is 22.6 Å². The van der Waals surface area contributed by atoms with Gasteiger partial charge in [0.2, 0.25) is 0 Å². The Labute approximate surface area is 99.4 Å². The van der Waals surface area contributed by atoms with Crippen LogP contribution in [0.15, 0.2) is 12.1 Å². The number of halogens is 1. The molecule has 0 spiro atoms. The van der Waals surface area contributed by atoms with Gasteiger partial charge >= 0.3 is 0 Å². The maximum Gasteiger partial charge on any atom is 0.165 e. The normalized spacial score (nSPS) is 18.4. The van der Waals surface area contributed by atoms with Gasteiger partial charge in [0.05, 0.1) is 17.7 Å². The average molecular weight is 234 g/mol. The van der Waals surface area contributed by atoms with Crippen LogP contribution in [0, 0.1) is 28.8 Å². The monoisotopic (exact) mass is 234 g/mol. The molecule has 0 bridgehead atoms. The molecule has 2 heterocycles. The van der Waals surface area contributed by atoms with E-state index in [0.29, 0.717) is 32.6 Å². The van der Waals surface area contributed by atoms with Crippen molar-refractivity contribution >= 4 is 5.82 Å². The van der Waals surface area contributed by atoms with Crippen LogP contribution in [0.3, 0.4) is 0 Å². The molecule has 1 saturated heterocycles. The van der Waals surface area contributed by atoms with E-state index in [4.69, 9.17) is 4.74 Å². The summed E-state index contributed by atoms with van der Waals surface area (Å²) in [5, 5.41) is 12.1. The van der Waals surface area contributed by atoms with Gasteiger partial charge in [-0.1, -0.05) is 0 Å². The molecule has 0 amide bonds. The van der Waals surface area contributed by atoms with E-state index >= 15 is 0 Å². The topological polar surface area (TPSA) is 57.9 Å². The van der Waals surface area contributed by atoms with Gasteiger partial charge in [-0.25, -0.2) is 9.37 Å². The Kier molecular flexibility index (Phi) is 3.55. The van der Waals surface area contributed by atoms with E-state index in [1.54, 1.807) is 0 Å². The molecule has 0 saturated carbocycles. The SMILES string of the molecule is N#CC1(CNc2n[c]ccc2F)CCOCC1. The first-order valence-corrected chi connectivity index (χ1v) is 5.51. The molecule has 0 aromatic carbocycles. The Morgan fingerprint density at radius 1 is 1.59 bits per heavy atom. The quantitative estimate of drug-likeness (QED) is 0.865. The van der Waals surface area contributed by atoms with Gasteiger partial charge in [0.1, 0.15) is 0 Å². The molecular weight excluding hydrogens is 221 g/mol. The summed E-state index contributed by atoms with van der Waals surface area (Å²) in [4.78, 5) is 3.78. The zero-order valence-electron chi connectivity index (χ0n) is 9.37. The van der Waals surface area contributed by atoms with Gasteiger partial charge in [0.25, 0.3) is 0 Å². The summed E-state index contributed by atoms with van der Waals surface area (Å²) in [6.45, 7) is 1.53. The molecule has 1 aromatic heterocycles. The first-order chi connectivity index (χ1) is 8.26. The fourth-order valence-electron chi connectivity index (χ4n) is 1.81. The van der Waals surface area contributed by atoms with Gasteiger partial charge < -0.3 is 10.1 Å². The fraction of sp³-hybridized carbons (Fsp3) is 0.500. The van der Waals surface area contributed by atoms with Crippen molar-refractivity contribution in [2.24, 2.45) is 5.41 Å². The van der Waals surface area contributed by atoms with Crippen molar-refractivity contribution in [2.75, 3.05) is 25.1 Å². The molecule has 1 aromatic rings. The Bertz CT molecular complexity index is 424. The molecule has 1 N–H and O–H groups in total. The minimum atomic E-state index is -0.484. The molecule has 17 heavy (non-hydrogen) atoms. The van der Waals surface area contributed by atoms with E-state index in [-0.39, 0.29) is 5.82 Å². The Balaban J connectivity index is 2.01. The van der Waals surface area contributed by atoms with Crippen molar-refractivity contribution in [3.05, 3.63) is 24.1 Å². The summed E-state index contributed by atoms with van der Waals surface area (Å²) >= 11 is 0. The van der Waals surface area contributed by atoms with Crippen molar-refractivity contribution in [1.82, 2.24) is 4.98 Å². The van der Waals surface area contributed by atoms with Crippen molar-refractivity contribution < 1.29 is 9.13 Å². The largest absolute Gasteiger partial charge is 0.381 e. The van der Waals surface area contributed by atoms with E-state index < -0.39 is 11.2 Å². The molecule has 2 rings (SSSR count). The van der Waals surface area contributed by atoms with Crippen molar-refractivity contribution in [3.63, 3.8) is 0 Å². The van der Waals surface area contributed by atoms with Gasteiger partial charge in [-0.2, -0.15) is 5.26 Å². The van der Waals surface area contributed by atoms with Gasteiger partial charge in [-0.15, -0.1) is 0 Å². The molecule has 0 atom stereocenters. The van der Waals surface area contributed by atoms with Gasteiger partial charge in [-0.05, 0) is 25.0 Å². The third-order valence-electron chi connectivity index (χ3n) is 2.99. The maximum absolute atomic E-state index is 13.3. The number of anilines is 1. The predicted molar refractivity (Wildman–Crippen MR) is 59.6 cm³/mol. The van der Waals surface area contributed by atoms with Crippen LogP contribution in [0.25, 0.3) is 0 Å². The van der Waals surface area contributed by atoms with Crippen LogP contribution >= 0.6 is 0 Å². The van der Waals surface area contributed by atoms with Crippen LogP contribution in [0.2, 0.25) is 0 Å².